The number of carbonyl (C=O) groups is 2. The first kappa shape index (κ1) is 8.07. The van der Waals surface area contributed by atoms with Crippen molar-refractivity contribution in [2.45, 2.75) is 6.92 Å². The standard InChI is InChI=1S/C5H7FO3/c1-4(7)5(8)9-3-2-6/h2-3H2,1H3. The molecule has 0 fully saturated rings. The summed E-state index contributed by atoms with van der Waals surface area (Å²) in [5.41, 5.74) is 0. The highest BCUT2D eigenvalue weighted by atomic mass is 19.1. The van der Waals surface area contributed by atoms with E-state index in [0.29, 0.717) is 0 Å². The summed E-state index contributed by atoms with van der Waals surface area (Å²) < 4.78 is 15.3. The molecule has 0 heterocycles. The molecule has 0 aliphatic rings. The minimum absolute atomic E-state index is 0.335. The van der Waals surface area contributed by atoms with Gasteiger partial charge in [-0.15, -0.1) is 0 Å². The largest absolute Gasteiger partial charge is 0.457 e. The van der Waals surface area contributed by atoms with Gasteiger partial charge in [-0.2, -0.15) is 0 Å². The highest BCUT2D eigenvalue weighted by Crippen LogP contribution is 1.79. The van der Waals surface area contributed by atoms with Crippen LogP contribution in [-0.2, 0) is 14.3 Å². The SMILES string of the molecule is CC(=O)C(=O)OCCF. The van der Waals surface area contributed by atoms with Crippen LogP contribution in [0.5, 0.6) is 0 Å². The Balaban J connectivity index is 3.39. The minimum Gasteiger partial charge on any atom is -0.457 e. The summed E-state index contributed by atoms with van der Waals surface area (Å²) in [6, 6.07) is 0. The molecule has 3 nitrogen and oxygen atoms in total. The molecule has 0 saturated carbocycles. The van der Waals surface area contributed by atoms with Crippen molar-refractivity contribution >= 4 is 11.8 Å². The number of halogens is 1. The topological polar surface area (TPSA) is 43.4 Å². The molecule has 0 aromatic heterocycles. The van der Waals surface area contributed by atoms with Crippen LogP contribution in [0.2, 0.25) is 0 Å². The van der Waals surface area contributed by atoms with E-state index in [1.54, 1.807) is 0 Å². The number of ether oxygens (including phenoxy) is 1. The third kappa shape index (κ3) is 3.64. The molecule has 52 valence electrons. The van der Waals surface area contributed by atoms with Gasteiger partial charge < -0.3 is 4.74 Å². The number of ketones is 1. The molecule has 9 heavy (non-hydrogen) atoms. The summed E-state index contributed by atoms with van der Waals surface area (Å²) in [4.78, 5) is 20.2. The summed E-state index contributed by atoms with van der Waals surface area (Å²) in [6.45, 7) is -0.0159. The van der Waals surface area contributed by atoms with Crippen LogP contribution in [0, 0.1) is 0 Å². The molecule has 0 atom stereocenters. The second-order valence-corrected chi connectivity index (χ2v) is 1.38. The van der Waals surface area contributed by atoms with Crippen molar-refractivity contribution in [1.29, 1.82) is 0 Å². The fourth-order valence-corrected chi connectivity index (χ4v) is 0.233. The summed E-state index contributed by atoms with van der Waals surface area (Å²) in [5.74, 6) is -1.68. The lowest BCUT2D eigenvalue weighted by Crippen LogP contribution is -2.14. The van der Waals surface area contributed by atoms with E-state index in [-0.39, 0.29) is 6.61 Å². The average molecular weight is 134 g/mol. The Labute approximate surface area is 51.8 Å². The van der Waals surface area contributed by atoms with Crippen LogP contribution in [0.15, 0.2) is 0 Å². The van der Waals surface area contributed by atoms with Crippen LogP contribution >= 0.6 is 0 Å². The maximum Gasteiger partial charge on any atom is 0.374 e. The predicted molar refractivity (Wildman–Crippen MR) is 27.6 cm³/mol. The van der Waals surface area contributed by atoms with Crippen molar-refractivity contribution < 1.29 is 18.7 Å². The molecule has 0 aliphatic carbocycles. The zero-order chi connectivity index (χ0) is 7.28. The third-order valence-electron chi connectivity index (χ3n) is 0.598. The predicted octanol–water partition coefficient (Wildman–Crippen LogP) is 0.0881. The van der Waals surface area contributed by atoms with Gasteiger partial charge in [0.05, 0.1) is 0 Å². The van der Waals surface area contributed by atoms with Crippen molar-refractivity contribution in [3.63, 3.8) is 0 Å². The Hall–Kier alpha value is -0.930. The smallest absolute Gasteiger partial charge is 0.374 e. The minimum atomic E-state index is -0.979. The summed E-state index contributed by atoms with van der Waals surface area (Å²) in [7, 11) is 0. The number of hydrogen-bond donors (Lipinski definition) is 0. The zero-order valence-corrected chi connectivity index (χ0v) is 5.02. The summed E-state index contributed by atoms with van der Waals surface area (Å²) in [5, 5.41) is 0. The van der Waals surface area contributed by atoms with Gasteiger partial charge in [0.15, 0.2) is 0 Å². The summed E-state index contributed by atoms with van der Waals surface area (Å²) in [6.07, 6.45) is 0. The number of rotatable bonds is 3. The van der Waals surface area contributed by atoms with Crippen molar-refractivity contribution in [2.75, 3.05) is 13.3 Å². The Morgan fingerprint density at radius 2 is 2.11 bits per heavy atom. The molecule has 0 N–H and O–H groups in total. The lowest BCUT2D eigenvalue weighted by Gasteiger charge is -1.95. The Bertz CT molecular complexity index is 121. The summed E-state index contributed by atoms with van der Waals surface area (Å²) >= 11 is 0. The third-order valence-corrected chi connectivity index (χ3v) is 0.598. The average Bonchev–Trinajstić information content (AvgIpc) is 1.82. The van der Waals surface area contributed by atoms with E-state index in [0.717, 1.165) is 6.92 Å². The number of alkyl halides is 1. The molecule has 0 aromatic rings. The monoisotopic (exact) mass is 134 g/mol. The fourth-order valence-electron chi connectivity index (χ4n) is 0.233. The molecule has 0 spiro atoms. The normalized spacial score (nSPS) is 8.67. The number of hydrogen-bond acceptors (Lipinski definition) is 3. The van der Waals surface area contributed by atoms with Crippen LogP contribution in [0.3, 0.4) is 0 Å². The van der Waals surface area contributed by atoms with Gasteiger partial charge in [-0.05, 0) is 0 Å². The van der Waals surface area contributed by atoms with Gasteiger partial charge in [-0.3, -0.25) is 4.79 Å². The molecule has 0 bridgehead atoms. The first-order chi connectivity index (χ1) is 4.18. The molecule has 4 heteroatoms. The van der Waals surface area contributed by atoms with Crippen LogP contribution in [-0.4, -0.2) is 25.0 Å². The lowest BCUT2D eigenvalue weighted by molar-refractivity contribution is -0.153. The van der Waals surface area contributed by atoms with Crippen LogP contribution in [0.25, 0.3) is 0 Å². The van der Waals surface area contributed by atoms with Crippen molar-refractivity contribution in [2.24, 2.45) is 0 Å². The van der Waals surface area contributed by atoms with E-state index in [4.69, 9.17) is 0 Å². The quantitative estimate of drug-likeness (QED) is 0.405. The van der Waals surface area contributed by atoms with Gasteiger partial charge >= 0.3 is 5.97 Å². The highest BCUT2D eigenvalue weighted by Gasteiger charge is 2.06. The van der Waals surface area contributed by atoms with Gasteiger partial charge in [0.2, 0.25) is 5.78 Å². The number of Topliss-reactive ketones (excluding diaryl/α,β-unsaturated/α-hetero) is 1. The fraction of sp³-hybridized carbons (Fsp3) is 0.600. The van der Waals surface area contributed by atoms with Gasteiger partial charge in [0.1, 0.15) is 13.3 Å². The first-order valence-corrected chi connectivity index (χ1v) is 2.42. The molecule has 0 aromatic carbocycles. The van der Waals surface area contributed by atoms with E-state index >= 15 is 0 Å². The Kier molecular flexibility index (Phi) is 3.59. The molecule has 0 aliphatic heterocycles. The maximum atomic E-state index is 11.2. The van der Waals surface area contributed by atoms with Gasteiger partial charge in [-0.25, -0.2) is 9.18 Å². The Morgan fingerprint density at radius 1 is 1.56 bits per heavy atom. The molecular weight excluding hydrogens is 127 g/mol. The first-order valence-electron chi connectivity index (χ1n) is 2.42. The van der Waals surface area contributed by atoms with Crippen LogP contribution in [0.1, 0.15) is 6.92 Å². The van der Waals surface area contributed by atoms with E-state index in [9.17, 15) is 14.0 Å². The van der Waals surface area contributed by atoms with Gasteiger partial charge in [0, 0.05) is 6.92 Å². The van der Waals surface area contributed by atoms with Gasteiger partial charge in [-0.1, -0.05) is 0 Å². The van der Waals surface area contributed by atoms with Crippen molar-refractivity contribution in [1.82, 2.24) is 0 Å². The van der Waals surface area contributed by atoms with Crippen molar-refractivity contribution in [3.05, 3.63) is 0 Å². The van der Waals surface area contributed by atoms with Crippen LogP contribution in [0.4, 0.5) is 4.39 Å². The number of carbonyl (C=O) groups excluding carboxylic acids is 2. The second-order valence-electron chi connectivity index (χ2n) is 1.38. The van der Waals surface area contributed by atoms with E-state index in [1.807, 2.05) is 0 Å². The highest BCUT2D eigenvalue weighted by molar-refractivity contribution is 6.32. The van der Waals surface area contributed by atoms with E-state index < -0.39 is 18.4 Å². The van der Waals surface area contributed by atoms with E-state index in [2.05, 4.69) is 4.74 Å². The molecule has 0 unspecified atom stereocenters. The van der Waals surface area contributed by atoms with Gasteiger partial charge in [0.25, 0.3) is 0 Å². The zero-order valence-electron chi connectivity index (χ0n) is 5.02. The molecule has 0 amide bonds. The molecule has 0 radical (unpaired) electrons. The molecular formula is C5H7FO3. The van der Waals surface area contributed by atoms with Crippen LogP contribution < -0.4 is 0 Å². The lowest BCUT2D eigenvalue weighted by atomic mass is 10.5. The second kappa shape index (κ2) is 4.00. The number of esters is 1. The Morgan fingerprint density at radius 3 is 2.44 bits per heavy atom. The van der Waals surface area contributed by atoms with E-state index in [1.165, 1.54) is 0 Å². The molecule has 0 saturated heterocycles. The maximum absolute atomic E-state index is 11.2. The molecule has 0 rings (SSSR count). The van der Waals surface area contributed by atoms with Crippen molar-refractivity contribution in [3.8, 4) is 0 Å².